The van der Waals surface area contributed by atoms with Crippen molar-refractivity contribution in [3.8, 4) is 0 Å². The van der Waals surface area contributed by atoms with Gasteiger partial charge in [-0.1, -0.05) is 0 Å². The molecule has 0 spiro atoms. The Balaban J connectivity index is 2.06. The topological polar surface area (TPSA) is 169 Å². The molecule has 2 heterocycles. The monoisotopic (exact) mass is 469 g/mol. The van der Waals surface area contributed by atoms with E-state index in [9.17, 15) is 29.2 Å². The molecule has 0 saturated carbocycles. The molecule has 0 radical (unpaired) electrons. The second-order valence-electron chi connectivity index (χ2n) is 7.33. The van der Waals surface area contributed by atoms with Crippen molar-refractivity contribution in [1.29, 1.82) is 0 Å². The SMILES string of the molecule is CC(C)OC(=O)C(C)NP(=O)(Cl)OCC1OC(n2ccc(=O)[nH]c2=O)C(C)(O)C1O. The molecule has 30 heavy (non-hydrogen) atoms. The van der Waals surface area contributed by atoms with E-state index in [0.29, 0.717) is 0 Å². The van der Waals surface area contributed by atoms with Crippen LogP contribution in [0.5, 0.6) is 0 Å². The zero-order valence-corrected chi connectivity index (χ0v) is 18.4. The van der Waals surface area contributed by atoms with Gasteiger partial charge in [-0.25, -0.2) is 9.88 Å². The number of H-pyrrole nitrogens is 1. The number of esters is 1. The van der Waals surface area contributed by atoms with E-state index in [1.807, 2.05) is 4.98 Å². The van der Waals surface area contributed by atoms with Crippen LogP contribution in [-0.2, 0) is 23.4 Å². The highest BCUT2D eigenvalue weighted by atomic mass is 35.7. The van der Waals surface area contributed by atoms with Crippen LogP contribution < -0.4 is 16.3 Å². The van der Waals surface area contributed by atoms with Gasteiger partial charge in [0.25, 0.3) is 5.56 Å². The largest absolute Gasteiger partial charge is 0.462 e. The predicted molar refractivity (Wildman–Crippen MR) is 105 cm³/mol. The molecule has 14 heteroatoms. The first kappa shape index (κ1) is 24.7. The van der Waals surface area contributed by atoms with Crippen LogP contribution in [0.2, 0.25) is 0 Å². The Hall–Kier alpha value is -1.53. The van der Waals surface area contributed by atoms with Gasteiger partial charge >= 0.3 is 18.5 Å². The maximum Gasteiger partial charge on any atom is 0.361 e. The molecule has 1 aliphatic rings. The molecule has 0 aliphatic carbocycles. The second-order valence-corrected chi connectivity index (χ2v) is 10.1. The van der Waals surface area contributed by atoms with Gasteiger partial charge in [0.05, 0.1) is 12.7 Å². The number of nitrogens with zero attached hydrogens (tertiary/aromatic N) is 1. The predicted octanol–water partition coefficient (Wildman–Crippen LogP) is -0.161. The van der Waals surface area contributed by atoms with Gasteiger partial charge in [-0.05, 0) is 38.9 Å². The third-order valence-electron chi connectivity index (χ3n) is 4.32. The van der Waals surface area contributed by atoms with Crippen LogP contribution in [0.25, 0.3) is 0 Å². The van der Waals surface area contributed by atoms with Crippen molar-refractivity contribution in [1.82, 2.24) is 14.6 Å². The number of hydrogen-bond donors (Lipinski definition) is 4. The van der Waals surface area contributed by atoms with Crippen LogP contribution in [0, 0.1) is 0 Å². The van der Waals surface area contributed by atoms with Crippen molar-refractivity contribution in [2.75, 3.05) is 6.61 Å². The number of nitrogens with one attached hydrogen (secondary N) is 2. The number of aromatic amines is 1. The Bertz CT molecular complexity index is 931. The van der Waals surface area contributed by atoms with Gasteiger partial charge in [0.2, 0.25) is 0 Å². The third kappa shape index (κ3) is 5.79. The van der Waals surface area contributed by atoms with E-state index in [0.717, 1.165) is 16.8 Å². The second kappa shape index (κ2) is 9.31. The highest BCUT2D eigenvalue weighted by Gasteiger charge is 2.53. The van der Waals surface area contributed by atoms with E-state index >= 15 is 0 Å². The Kier molecular flexibility index (Phi) is 7.68. The Morgan fingerprint density at radius 3 is 2.67 bits per heavy atom. The Morgan fingerprint density at radius 2 is 2.10 bits per heavy atom. The van der Waals surface area contributed by atoms with Crippen molar-refractivity contribution < 1.29 is 33.6 Å². The van der Waals surface area contributed by atoms with E-state index in [-0.39, 0.29) is 6.10 Å². The molecule has 6 unspecified atom stereocenters. The fraction of sp³-hybridized carbons (Fsp3) is 0.688. The molecule has 1 saturated heterocycles. The van der Waals surface area contributed by atoms with E-state index in [1.54, 1.807) is 13.8 Å². The van der Waals surface area contributed by atoms with Crippen LogP contribution in [0.1, 0.15) is 33.9 Å². The summed E-state index contributed by atoms with van der Waals surface area (Å²) in [5.41, 5.74) is -3.45. The molecular formula is C16H25ClN3O9P. The lowest BCUT2D eigenvalue weighted by atomic mass is 9.96. The first-order valence-corrected chi connectivity index (χ1v) is 11.6. The van der Waals surface area contributed by atoms with E-state index in [1.165, 1.54) is 13.8 Å². The summed E-state index contributed by atoms with van der Waals surface area (Å²) in [6.07, 6.45) is -3.42. The molecular weight excluding hydrogens is 445 g/mol. The molecule has 1 fully saturated rings. The van der Waals surface area contributed by atoms with Crippen LogP contribution >= 0.6 is 18.1 Å². The highest BCUT2D eigenvalue weighted by Crippen LogP contribution is 2.49. The van der Waals surface area contributed by atoms with E-state index in [4.69, 9.17) is 25.2 Å². The summed E-state index contributed by atoms with van der Waals surface area (Å²) >= 11 is 5.82. The zero-order valence-electron chi connectivity index (χ0n) is 16.8. The number of rotatable bonds is 8. The van der Waals surface area contributed by atoms with E-state index in [2.05, 4.69) is 5.09 Å². The normalized spacial score (nSPS) is 29.5. The lowest BCUT2D eigenvalue weighted by Crippen LogP contribution is -2.46. The van der Waals surface area contributed by atoms with Gasteiger partial charge < -0.3 is 24.2 Å². The summed E-state index contributed by atoms with van der Waals surface area (Å²) in [7, 11) is 0. The van der Waals surface area contributed by atoms with Crippen molar-refractivity contribution in [2.24, 2.45) is 0 Å². The zero-order chi connectivity index (χ0) is 22.9. The summed E-state index contributed by atoms with van der Waals surface area (Å²) in [4.78, 5) is 37.0. The first-order valence-electron chi connectivity index (χ1n) is 9.04. The number of aromatic nitrogens is 2. The van der Waals surface area contributed by atoms with Crippen LogP contribution in [0.4, 0.5) is 0 Å². The summed E-state index contributed by atoms with van der Waals surface area (Å²) in [6, 6.07) is 0.00619. The van der Waals surface area contributed by atoms with Gasteiger partial charge in [0.15, 0.2) is 6.23 Å². The van der Waals surface area contributed by atoms with Crippen LogP contribution in [0.3, 0.4) is 0 Å². The fourth-order valence-corrected chi connectivity index (χ4v) is 4.40. The fourth-order valence-electron chi connectivity index (χ4n) is 2.81. The summed E-state index contributed by atoms with van der Waals surface area (Å²) < 4.78 is 28.9. The number of hydrogen-bond acceptors (Lipinski definition) is 9. The summed E-state index contributed by atoms with van der Waals surface area (Å²) in [5, 5.41) is 23.3. The van der Waals surface area contributed by atoms with Gasteiger partial charge in [-0.3, -0.25) is 23.7 Å². The molecule has 1 aliphatic heterocycles. The number of carbonyl (C=O) groups excluding carboxylic acids is 1. The molecule has 0 aromatic carbocycles. The quantitative estimate of drug-likeness (QED) is 0.296. The number of halogens is 1. The molecule has 0 bridgehead atoms. The lowest BCUT2D eigenvalue weighted by Gasteiger charge is -2.27. The Morgan fingerprint density at radius 1 is 1.47 bits per heavy atom. The van der Waals surface area contributed by atoms with Crippen molar-refractivity contribution in [2.45, 2.75) is 63.9 Å². The minimum atomic E-state index is -4.04. The molecule has 0 amide bonds. The standard InChI is InChI=1S/C16H25ClN3O9P/c1-8(2)28-13(23)9(3)19-30(17,26)27-7-10-12(22)16(4,25)14(29-10)20-6-5-11(21)18-15(20)24/h5-6,8-10,12,14,22,25H,7H2,1-4H3,(H,19,26)(H,18,21,24). The molecule has 1 aromatic rings. The maximum absolute atomic E-state index is 12.4. The van der Waals surface area contributed by atoms with Crippen molar-refractivity contribution >= 4 is 24.1 Å². The molecule has 4 N–H and O–H groups in total. The number of aliphatic hydroxyl groups excluding tert-OH is 1. The van der Waals surface area contributed by atoms with Gasteiger partial charge in [-0.15, -0.1) is 0 Å². The molecule has 12 nitrogen and oxygen atoms in total. The smallest absolute Gasteiger partial charge is 0.361 e. The number of aliphatic hydroxyl groups is 2. The maximum atomic E-state index is 12.4. The number of carbonyl (C=O) groups is 1. The van der Waals surface area contributed by atoms with E-state index < -0.39 is 60.8 Å². The van der Waals surface area contributed by atoms with Crippen LogP contribution in [-0.4, -0.2) is 62.3 Å². The summed E-state index contributed by atoms with van der Waals surface area (Å²) in [6.45, 7) is 1.33. The average molecular weight is 470 g/mol. The molecule has 2 rings (SSSR count). The van der Waals surface area contributed by atoms with Gasteiger partial charge in [0, 0.05) is 12.3 Å². The number of ether oxygens (including phenoxy) is 2. The third-order valence-corrected chi connectivity index (χ3v) is 6.08. The minimum Gasteiger partial charge on any atom is -0.462 e. The summed E-state index contributed by atoms with van der Waals surface area (Å²) in [5.74, 6) is -0.688. The Labute approximate surface area is 176 Å². The van der Waals surface area contributed by atoms with Crippen molar-refractivity contribution in [3.05, 3.63) is 33.1 Å². The van der Waals surface area contributed by atoms with Gasteiger partial charge in [0.1, 0.15) is 23.9 Å². The van der Waals surface area contributed by atoms with Crippen molar-refractivity contribution in [3.63, 3.8) is 0 Å². The lowest BCUT2D eigenvalue weighted by molar-refractivity contribution is -0.149. The molecule has 1 aromatic heterocycles. The first-order chi connectivity index (χ1) is 13.7. The molecule has 170 valence electrons. The minimum absolute atomic E-state index is 0.380. The average Bonchev–Trinajstić information content (AvgIpc) is 2.82. The molecule has 6 atom stereocenters. The van der Waals surface area contributed by atoms with Crippen LogP contribution in [0.15, 0.2) is 21.9 Å². The van der Waals surface area contributed by atoms with Gasteiger partial charge in [-0.2, -0.15) is 0 Å². The highest BCUT2D eigenvalue weighted by molar-refractivity contribution is 7.83.